The van der Waals surface area contributed by atoms with Crippen molar-refractivity contribution in [2.75, 3.05) is 0 Å². The van der Waals surface area contributed by atoms with Crippen molar-refractivity contribution in [1.29, 1.82) is 0 Å². The molecule has 0 aliphatic rings. The van der Waals surface area contributed by atoms with Crippen LogP contribution in [0.2, 0.25) is 0 Å². The van der Waals surface area contributed by atoms with E-state index >= 15 is 0 Å². The molecule has 2 aromatic carbocycles. The minimum atomic E-state index is -4.01. The fraction of sp³-hybridized carbons (Fsp3) is 0. The number of nitrogens with two attached hydrogens (primary N) is 2. The molecule has 0 bridgehead atoms. The highest BCUT2D eigenvalue weighted by molar-refractivity contribution is 9.10. The van der Waals surface area contributed by atoms with Gasteiger partial charge in [-0.25, -0.2) is 0 Å². The van der Waals surface area contributed by atoms with Gasteiger partial charge in [0.1, 0.15) is 0 Å². The summed E-state index contributed by atoms with van der Waals surface area (Å²) in [4.78, 5) is 14.1. The lowest BCUT2D eigenvalue weighted by atomic mass is 10.2. The molecule has 0 saturated heterocycles. The Hall–Kier alpha value is -2.99. The highest BCUT2D eigenvalue weighted by Gasteiger charge is 2.17. The lowest BCUT2D eigenvalue weighted by Gasteiger charge is -2.02. The third-order valence-electron chi connectivity index (χ3n) is 2.99. The predicted molar refractivity (Wildman–Crippen MR) is 99.2 cm³/mol. The molecule has 0 fully saturated rings. The molecule has 0 aliphatic carbocycles. The zero-order chi connectivity index (χ0) is 19.5. The van der Waals surface area contributed by atoms with E-state index in [0.29, 0.717) is 10.2 Å². The van der Waals surface area contributed by atoms with Crippen LogP contribution in [0.4, 0.5) is 11.4 Å². The van der Waals surface area contributed by atoms with E-state index in [-0.39, 0.29) is 10.5 Å². The van der Waals surface area contributed by atoms with E-state index < -0.39 is 32.3 Å². The number of hydrogen-bond donors (Lipinski definition) is 3. The number of halogens is 1. The van der Waals surface area contributed by atoms with Gasteiger partial charge in [0, 0.05) is 22.3 Å². The SMILES string of the molecule is NC(N)=NS(=O)(=O)c1ccc(N=Cc2cc(Br)cc([N+](=O)[O-])c2O)cc1. The molecule has 0 heterocycles. The molecular weight excluding hydrogens is 430 g/mol. The van der Waals surface area contributed by atoms with Crippen molar-refractivity contribution in [3.8, 4) is 5.75 Å². The Kier molecular flexibility index (Phi) is 5.57. The molecule has 136 valence electrons. The van der Waals surface area contributed by atoms with Crippen LogP contribution >= 0.6 is 15.9 Å². The highest BCUT2D eigenvalue weighted by Crippen LogP contribution is 2.32. The average Bonchev–Trinajstić information content (AvgIpc) is 2.54. The fourth-order valence-corrected chi connectivity index (χ4v) is 3.21. The molecule has 0 saturated carbocycles. The van der Waals surface area contributed by atoms with Crippen LogP contribution < -0.4 is 11.5 Å². The van der Waals surface area contributed by atoms with Crippen molar-refractivity contribution >= 4 is 49.5 Å². The van der Waals surface area contributed by atoms with Gasteiger partial charge in [-0.15, -0.1) is 4.40 Å². The Balaban J connectivity index is 2.33. The normalized spacial score (nSPS) is 11.4. The van der Waals surface area contributed by atoms with Gasteiger partial charge < -0.3 is 16.6 Å². The second-order valence-corrected chi connectivity index (χ2v) is 7.38. The smallest absolute Gasteiger partial charge is 0.312 e. The summed E-state index contributed by atoms with van der Waals surface area (Å²) in [6.45, 7) is 0. The van der Waals surface area contributed by atoms with E-state index in [9.17, 15) is 23.6 Å². The Bertz CT molecular complexity index is 1010. The Morgan fingerprint density at radius 1 is 1.23 bits per heavy atom. The van der Waals surface area contributed by atoms with Gasteiger partial charge in [-0.05, 0) is 30.3 Å². The molecule has 5 N–H and O–H groups in total. The molecule has 0 atom stereocenters. The number of rotatable bonds is 5. The number of phenolic OH excluding ortho intramolecular Hbond substituents is 1. The summed E-state index contributed by atoms with van der Waals surface area (Å²) in [7, 11) is -4.01. The molecule has 26 heavy (non-hydrogen) atoms. The monoisotopic (exact) mass is 441 g/mol. The first-order valence-corrected chi connectivity index (χ1v) is 9.00. The minimum absolute atomic E-state index is 0.114. The predicted octanol–water partition coefficient (Wildman–Crippen LogP) is 1.78. The zero-order valence-corrected chi connectivity index (χ0v) is 15.3. The van der Waals surface area contributed by atoms with Gasteiger partial charge in [0.15, 0.2) is 0 Å². The van der Waals surface area contributed by atoms with Crippen molar-refractivity contribution in [3.63, 3.8) is 0 Å². The maximum absolute atomic E-state index is 11.8. The number of aliphatic imine (C=N–C) groups is 1. The summed E-state index contributed by atoms with van der Waals surface area (Å²) in [5, 5.41) is 20.8. The first-order valence-electron chi connectivity index (χ1n) is 6.77. The van der Waals surface area contributed by atoms with Gasteiger partial charge in [0.2, 0.25) is 11.7 Å². The molecule has 10 nitrogen and oxygen atoms in total. The molecule has 2 rings (SSSR count). The summed E-state index contributed by atoms with van der Waals surface area (Å²) in [5.74, 6) is -1.12. The summed E-state index contributed by atoms with van der Waals surface area (Å²) in [6.07, 6.45) is 1.21. The molecular formula is C14H12BrN5O5S. The van der Waals surface area contributed by atoms with E-state index in [1.807, 2.05) is 0 Å². The van der Waals surface area contributed by atoms with Gasteiger partial charge in [-0.3, -0.25) is 15.1 Å². The lowest BCUT2D eigenvalue weighted by molar-refractivity contribution is -0.385. The quantitative estimate of drug-likeness (QED) is 0.274. The largest absolute Gasteiger partial charge is 0.502 e. The second-order valence-electron chi connectivity index (χ2n) is 4.86. The molecule has 12 heteroatoms. The van der Waals surface area contributed by atoms with Crippen LogP contribution in [0.1, 0.15) is 5.56 Å². The van der Waals surface area contributed by atoms with Crippen molar-refractivity contribution in [2.24, 2.45) is 20.9 Å². The average molecular weight is 442 g/mol. The van der Waals surface area contributed by atoms with E-state index in [2.05, 4.69) is 25.3 Å². The zero-order valence-electron chi connectivity index (χ0n) is 12.9. The van der Waals surface area contributed by atoms with Gasteiger partial charge in [-0.1, -0.05) is 15.9 Å². The summed E-state index contributed by atoms with van der Waals surface area (Å²) in [5.41, 5.74) is 10.1. The second kappa shape index (κ2) is 7.49. The van der Waals surface area contributed by atoms with Gasteiger partial charge in [0.05, 0.1) is 15.5 Å². The van der Waals surface area contributed by atoms with Gasteiger partial charge in [0.25, 0.3) is 10.0 Å². The lowest BCUT2D eigenvalue weighted by Crippen LogP contribution is -2.24. The molecule has 0 amide bonds. The highest BCUT2D eigenvalue weighted by atomic mass is 79.9. The van der Waals surface area contributed by atoms with E-state index in [1.54, 1.807) is 0 Å². The number of nitro groups is 1. The molecule has 0 unspecified atom stereocenters. The Labute approximate surface area is 156 Å². The van der Waals surface area contributed by atoms with Crippen LogP contribution in [0.5, 0.6) is 5.75 Å². The standard InChI is InChI=1S/C14H12BrN5O5S/c15-9-5-8(13(21)12(6-9)20(22)23)7-18-10-1-3-11(4-2-10)26(24,25)19-14(16)17/h1-7,21H,(H4,16,17,19). The number of nitro benzene ring substituents is 1. The van der Waals surface area contributed by atoms with Crippen LogP contribution in [0.15, 0.2) is 55.2 Å². The number of phenols is 1. The van der Waals surface area contributed by atoms with Crippen molar-refractivity contribution in [2.45, 2.75) is 4.90 Å². The molecule has 0 aliphatic heterocycles. The molecule has 0 radical (unpaired) electrons. The molecule has 2 aromatic rings. The van der Waals surface area contributed by atoms with Gasteiger partial charge in [-0.2, -0.15) is 8.42 Å². The number of guanidine groups is 1. The Morgan fingerprint density at radius 2 is 1.85 bits per heavy atom. The topological polar surface area (TPSA) is 174 Å². The number of sulfonamides is 1. The van der Waals surface area contributed by atoms with E-state index in [1.165, 1.54) is 36.5 Å². The maximum Gasteiger partial charge on any atom is 0.312 e. The number of nitrogens with zero attached hydrogens (tertiary/aromatic N) is 3. The van der Waals surface area contributed by atoms with Crippen molar-refractivity contribution < 1.29 is 18.4 Å². The maximum atomic E-state index is 11.8. The van der Waals surface area contributed by atoms with E-state index in [0.717, 1.165) is 6.07 Å². The third-order valence-corrected chi connectivity index (χ3v) is 4.77. The fourth-order valence-electron chi connectivity index (χ4n) is 1.88. The van der Waals surface area contributed by atoms with Crippen molar-refractivity contribution in [1.82, 2.24) is 0 Å². The first-order chi connectivity index (χ1) is 12.1. The van der Waals surface area contributed by atoms with Crippen LogP contribution in [0.3, 0.4) is 0 Å². The number of hydrogen-bond acceptors (Lipinski definition) is 6. The summed E-state index contributed by atoms with van der Waals surface area (Å²) < 4.78 is 27.2. The number of aromatic hydroxyl groups is 1. The molecule has 0 spiro atoms. The third kappa shape index (κ3) is 4.55. The van der Waals surface area contributed by atoms with Crippen LogP contribution in [-0.4, -0.2) is 30.6 Å². The van der Waals surface area contributed by atoms with Crippen LogP contribution in [0, 0.1) is 10.1 Å². The van der Waals surface area contributed by atoms with Crippen LogP contribution in [-0.2, 0) is 10.0 Å². The first kappa shape index (κ1) is 19.3. The van der Waals surface area contributed by atoms with Gasteiger partial charge >= 0.3 is 5.69 Å². The number of benzene rings is 2. The summed E-state index contributed by atoms with van der Waals surface area (Å²) in [6, 6.07) is 7.87. The van der Waals surface area contributed by atoms with Crippen molar-refractivity contribution in [3.05, 3.63) is 56.5 Å². The Morgan fingerprint density at radius 3 is 2.38 bits per heavy atom. The minimum Gasteiger partial charge on any atom is -0.502 e. The molecule has 0 aromatic heterocycles. The summed E-state index contributed by atoms with van der Waals surface area (Å²) >= 11 is 3.12. The van der Waals surface area contributed by atoms with E-state index in [4.69, 9.17) is 11.5 Å². The van der Waals surface area contributed by atoms with Crippen LogP contribution in [0.25, 0.3) is 0 Å².